The van der Waals surface area contributed by atoms with Crippen molar-refractivity contribution in [3.63, 3.8) is 0 Å². The number of amides is 2. The summed E-state index contributed by atoms with van der Waals surface area (Å²) >= 11 is 0. The van der Waals surface area contributed by atoms with Crippen molar-refractivity contribution in [2.24, 2.45) is 0 Å². The molecule has 39 heavy (non-hydrogen) atoms. The van der Waals surface area contributed by atoms with Gasteiger partial charge in [-0.1, -0.05) is 30.3 Å². The van der Waals surface area contributed by atoms with Crippen molar-refractivity contribution in [3.8, 4) is 0 Å². The number of hydrogen-bond acceptors (Lipinski definition) is 7. The Morgan fingerprint density at radius 2 is 1.44 bits per heavy atom. The standard InChI is InChI=1S/C27H28FN3O6S2/c1-38(34,35)22-11-8-20(9-12-22)26(32)29-25(19-6-4-3-5-7-19)27(33)31-16-14-30(15-17-31)23-13-10-21(28)18-24(23)39(2,36)37/h3-13,18,25H,14-17H2,1-2H3,(H,29,32)/t25-/m1/s1. The molecule has 0 aliphatic carbocycles. The maximum absolute atomic E-state index is 13.8. The van der Waals surface area contributed by atoms with Gasteiger partial charge in [-0.25, -0.2) is 21.2 Å². The van der Waals surface area contributed by atoms with Crippen LogP contribution >= 0.6 is 0 Å². The molecule has 0 aromatic heterocycles. The Labute approximate surface area is 227 Å². The van der Waals surface area contributed by atoms with E-state index in [0.717, 1.165) is 18.6 Å². The lowest BCUT2D eigenvalue weighted by molar-refractivity contribution is -0.133. The van der Waals surface area contributed by atoms with Crippen LogP contribution in [0.4, 0.5) is 10.1 Å². The van der Waals surface area contributed by atoms with Crippen LogP contribution in [0.25, 0.3) is 0 Å². The summed E-state index contributed by atoms with van der Waals surface area (Å²) in [5.41, 5.74) is 1.14. The minimum atomic E-state index is -3.68. The monoisotopic (exact) mass is 573 g/mol. The van der Waals surface area contributed by atoms with Crippen molar-refractivity contribution >= 4 is 37.2 Å². The van der Waals surface area contributed by atoms with Crippen LogP contribution in [0.1, 0.15) is 22.0 Å². The third kappa shape index (κ3) is 6.63. The molecule has 1 heterocycles. The fourth-order valence-electron chi connectivity index (χ4n) is 4.40. The summed E-state index contributed by atoms with van der Waals surface area (Å²) in [6.45, 7) is 1.12. The molecule has 3 aromatic rings. The summed E-state index contributed by atoms with van der Waals surface area (Å²) in [5.74, 6) is -1.54. The molecule has 0 bridgehead atoms. The lowest BCUT2D eigenvalue weighted by atomic mass is 10.0. The number of carbonyl (C=O) groups is 2. The van der Waals surface area contributed by atoms with E-state index in [0.29, 0.717) is 24.3 Å². The van der Waals surface area contributed by atoms with Gasteiger partial charge in [0.1, 0.15) is 11.9 Å². The molecule has 0 spiro atoms. The van der Waals surface area contributed by atoms with E-state index >= 15 is 0 Å². The van der Waals surface area contributed by atoms with Crippen molar-refractivity contribution in [3.05, 3.63) is 89.7 Å². The van der Waals surface area contributed by atoms with Crippen LogP contribution in [0, 0.1) is 5.82 Å². The summed E-state index contributed by atoms with van der Waals surface area (Å²) < 4.78 is 61.7. The van der Waals surface area contributed by atoms with Crippen LogP contribution in [0.2, 0.25) is 0 Å². The molecule has 1 saturated heterocycles. The van der Waals surface area contributed by atoms with Crippen LogP contribution in [-0.4, -0.2) is 72.2 Å². The number of piperazine rings is 1. The molecular formula is C27H28FN3O6S2. The number of carbonyl (C=O) groups excluding carboxylic acids is 2. The second kappa shape index (κ2) is 11.1. The number of nitrogens with one attached hydrogen (secondary N) is 1. The van der Waals surface area contributed by atoms with Crippen LogP contribution in [0.15, 0.2) is 82.6 Å². The van der Waals surface area contributed by atoms with Crippen molar-refractivity contribution in [2.75, 3.05) is 43.6 Å². The van der Waals surface area contributed by atoms with E-state index < -0.39 is 37.4 Å². The fourth-order valence-corrected chi connectivity index (χ4v) is 5.93. The number of benzene rings is 3. The summed E-state index contributed by atoms with van der Waals surface area (Å²) in [4.78, 5) is 30.0. The Bertz CT molecular complexity index is 1590. The molecule has 9 nitrogen and oxygen atoms in total. The SMILES string of the molecule is CS(=O)(=O)c1ccc(C(=O)N[C@@H](C(=O)N2CCN(c3ccc(F)cc3S(C)(=O)=O)CC2)c2ccccc2)cc1. The van der Waals surface area contributed by atoms with E-state index in [1.807, 2.05) is 0 Å². The highest BCUT2D eigenvalue weighted by molar-refractivity contribution is 7.91. The first-order valence-corrected chi connectivity index (χ1v) is 15.8. The van der Waals surface area contributed by atoms with Gasteiger partial charge in [0.2, 0.25) is 5.91 Å². The first kappa shape index (κ1) is 28.2. The van der Waals surface area contributed by atoms with Gasteiger partial charge in [-0.15, -0.1) is 0 Å². The molecule has 3 aromatic carbocycles. The topological polar surface area (TPSA) is 121 Å². The first-order valence-electron chi connectivity index (χ1n) is 12.0. The van der Waals surface area contributed by atoms with E-state index in [9.17, 15) is 30.8 Å². The molecule has 1 aliphatic heterocycles. The molecule has 0 radical (unpaired) electrons. The van der Waals surface area contributed by atoms with Gasteiger partial charge in [0.15, 0.2) is 19.7 Å². The Hall–Kier alpha value is -3.77. The van der Waals surface area contributed by atoms with Gasteiger partial charge >= 0.3 is 0 Å². The van der Waals surface area contributed by atoms with Crippen molar-refractivity contribution in [1.82, 2.24) is 10.2 Å². The largest absolute Gasteiger partial charge is 0.367 e. The zero-order chi connectivity index (χ0) is 28.4. The Balaban J connectivity index is 1.52. The first-order chi connectivity index (χ1) is 18.3. The predicted molar refractivity (Wildman–Crippen MR) is 145 cm³/mol. The Morgan fingerprint density at radius 3 is 2.00 bits per heavy atom. The number of sulfone groups is 2. The average Bonchev–Trinajstić information content (AvgIpc) is 2.91. The normalized spacial score (nSPS) is 15.1. The van der Waals surface area contributed by atoms with E-state index in [4.69, 9.17) is 0 Å². The molecule has 1 atom stereocenters. The molecule has 0 saturated carbocycles. The van der Waals surface area contributed by atoms with Crippen LogP contribution < -0.4 is 10.2 Å². The molecule has 0 unspecified atom stereocenters. The maximum atomic E-state index is 13.8. The molecule has 4 rings (SSSR count). The lowest BCUT2D eigenvalue weighted by Gasteiger charge is -2.38. The zero-order valence-electron chi connectivity index (χ0n) is 21.4. The Kier molecular flexibility index (Phi) is 8.07. The van der Waals surface area contributed by atoms with Gasteiger partial charge in [-0.2, -0.15) is 0 Å². The lowest BCUT2D eigenvalue weighted by Crippen LogP contribution is -2.52. The number of hydrogen-bond donors (Lipinski definition) is 1. The van der Waals surface area contributed by atoms with Gasteiger partial charge in [0, 0.05) is 44.3 Å². The van der Waals surface area contributed by atoms with Crippen LogP contribution in [0.3, 0.4) is 0 Å². The van der Waals surface area contributed by atoms with Crippen LogP contribution in [0.5, 0.6) is 0 Å². The minimum Gasteiger partial charge on any atom is -0.367 e. The van der Waals surface area contributed by atoms with Crippen LogP contribution in [-0.2, 0) is 24.5 Å². The number of halogens is 1. The maximum Gasteiger partial charge on any atom is 0.252 e. The number of nitrogens with zero attached hydrogens (tertiary/aromatic N) is 2. The van der Waals surface area contributed by atoms with Gasteiger partial charge in [0.25, 0.3) is 5.91 Å². The zero-order valence-corrected chi connectivity index (χ0v) is 23.0. The summed E-state index contributed by atoms with van der Waals surface area (Å²) in [6, 6.07) is 16.8. The van der Waals surface area contributed by atoms with Gasteiger partial charge in [-0.3, -0.25) is 9.59 Å². The molecule has 1 aliphatic rings. The third-order valence-electron chi connectivity index (χ3n) is 6.45. The molecule has 2 amide bonds. The molecular weight excluding hydrogens is 545 g/mol. The number of anilines is 1. The summed E-state index contributed by atoms with van der Waals surface area (Å²) in [6.07, 6.45) is 2.09. The van der Waals surface area contributed by atoms with E-state index in [1.165, 1.54) is 36.4 Å². The Morgan fingerprint density at radius 1 is 0.821 bits per heavy atom. The molecule has 206 valence electrons. The van der Waals surface area contributed by atoms with Crippen molar-refractivity contribution in [2.45, 2.75) is 15.8 Å². The highest BCUT2D eigenvalue weighted by atomic mass is 32.2. The third-order valence-corrected chi connectivity index (χ3v) is 8.71. The number of rotatable bonds is 7. The van der Waals surface area contributed by atoms with Crippen molar-refractivity contribution in [1.29, 1.82) is 0 Å². The van der Waals surface area contributed by atoms with E-state index in [2.05, 4.69) is 5.32 Å². The minimum absolute atomic E-state index is 0.0767. The second-order valence-corrected chi connectivity index (χ2v) is 13.3. The van der Waals surface area contributed by atoms with Crippen molar-refractivity contribution < 1.29 is 30.8 Å². The second-order valence-electron chi connectivity index (χ2n) is 9.31. The molecule has 12 heteroatoms. The summed E-state index contributed by atoms with van der Waals surface area (Å²) in [5, 5.41) is 2.77. The summed E-state index contributed by atoms with van der Waals surface area (Å²) in [7, 11) is -7.10. The van der Waals surface area contributed by atoms with Gasteiger partial charge in [0.05, 0.1) is 15.5 Å². The van der Waals surface area contributed by atoms with Gasteiger partial charge in [-0.05, 0) is 48.0 Å². The highest BCUT2D eigenvalue weighted by Gasteiger charge is 2.31. The smallest absolute Gasteiger partial charge is 0.252 e. The molecule has 1 fully saturated rings. The van der Waals surface area contributed by atoms with E-state index in [1.54, 1.807) is 40.1 Å². The molecule has 1 N–H and O–H groups in total. The average molecular weight is 574 g/mol. The fraction of sp³-hybridized carbons (Fsp3) is 0.259. The predicted octanol–water partition coefficient (Wildman–Crippen LogP) is 2.45. The highest BCUT2D eigenvalue weighted by Crippen LogP contribution is 2.28. The quantitative estimate of drug-likeness (QED) is 0.461. The van der Waals surface area contributed by atoms with E-state index in [-0.39, 0.29) is 34.4 Å². The van der Waals surface area contributed by atoms with Gasteiger partial charge < -0.3 is 15.1 Å².